The summed E-state index contributed by atoms with van der Waals surface area (Å²) in [5.74, 6) is 0.442. The number of benzene rings is 2. The zero-order chi connectivity index (χ0) is 17.3. The number of thioether (sulfide) groups is 1. The summed E-state index contributed by atoms with van der Waals surface area (Å²) in [6, 6.07) is 16.1. The van der Waals surface area contributed by atoms with E-state index in [1.807, 2.05) is 42.5 Å². The van der Waals surface area contributed by atoms with E-state index in [4.69, 9.17) is 12.2 Å². The van der Waals surface area contributed by atoms with Crippen molar-refractivity contribution in [3.8, 4) is 0 Å². The van der Waals surface area contributed by atoms with Crippen LogP contribution in [0.5, 0.6) is 0 Å². The van der Waals surface area contributed by atoms with Crippen LogP contribution in [0.15, 0.2) is 53.4 Å². The molecule has 2 nitrogen and oxygen atoms in total. The first-order valence-electron chi connectivity index (χ1n) is 7.59. The van der Waals surface area contributed by atoms with Crippen molar-refractivity contribution in [2.45, 2.75) is 19.8 Å². The van der Waals surface area contributed by atoms with Crippen molar-refractivity contribution in [1.82, 2.24) is 0 Å². The number of hydrogen-bond donors (Lipinski definition) is 0. The van der Waals surface area contributed by atoms with Gasteiger partial charge in [0.15, 0.2) is 4.32 Å². The Bertz CT molecular complexity index is 810. The van der Waals surface area contributed by atoms with Crippen molar-refractivity contribution in [3.05, 3.63) is 68.1 Å². The number of anilines is 1. The number of carbonyl (C=O) groups is 1. The maximum Gasteiger partial charge on any atom is 0.270 e. The molecular weight excluding hydrogens is 449 g/mol. The van der Waals surface area contributed by atoms with Crippen LogP contribution in [0.1, 0.15) is 30.9 Å². The Morgan fingerprint density at radius 1 is 1.08 bits per heavy atom. The number of carbonyl (C=O) groups excluding carboxylic acids is 1. The molecule has 24 heavy (non-hydrogen) atoms. The molecule has 2 aromatic carbocycles. The van der Waals surface area contributed by atoms with Gasteiger partial charge in [0.1, 0.15) is 0 Å². The van der Waals surface area contributed by atoms with E-state index in [-0.39, 0.29) is 5.91 Å². The van der Waals surface area contributed by atoms with Gasteiger partial charge in [-0.15, -0.1) is 0 Å². The van der Waals surface area contributed by atoms with Crippen molar-refractivity contribution < 1.29 is 4.79 Å². The third kappa shape index (κ3) is 3.73. The summed E-state index contributed by atoms with van der Waals surface area (Å²) in [5.41, 5.74) is 3.12. The van der Waals surface area contributed by atoms with E-state index < -0.39 is 0 Å². The number of amides is 1. The highest BCUT2D eigenvalue weighted by Crippen LogP contribution is 2.36. The molecule has 1 fully saturated rings. The van der Waals surface area contributed by atoms with Crippen LogP contribution in [-0.2, 0) is 4.79 Å². The van der Waals surface area contributed by atoms with Gasteiger partial charge < -0.3 is 0 Å². The third-order valence-corrected chi connectivity index (χ3v) is 5.80. The zero-order valence-electron chi connectivity index (χ0n) is 13.3. The summed E-state index contributed by atoms with van der Waals surface area (Å²) in [6.45, 7) is 4.34. The summed E-state index contributed by atoms with van der Waals surface area (Å²) in [4.78, 5) is 15.0. The minimum absolute atomic E-state index is 0.0563. The Balaban J connectivity index is 1.86. The molecule has 122 valence electrons. The molecule has 1 amide bonds. The van der Waals surface area contributed by atoms with Gasteiger partial charge in [-0.25, -0.2) is 0 Å². The number of hydrogen-bond acceptors (Lipinski definition) is 3. The van der Waals surface area contributed by atoms with Crippen LogP contribution < -0.4 is 4.90 Å². The molecule has 0 unspecified atom stereocenters. The number of thiocarbonyl (C=S) groups is 1. The Kier molecular flexibility index (Phi) is 5.42. The van der Waals surface area contributed by atoms with Gasteiger partial charge >= 0.3 is 0 Å². The molecule has 1 aliphatic heterocycles. The van der Waals surface area contributed by atoms with Gasteiger partial charge in [0, 0.05) is 3.57 Å². The van der Waals surface area contributed by atoms with E-state index in [0.717, 1.165) is 14.8 Å². The first-order valence-corrected chi connectivity index (χ1v) is 9.89. The number of rotatable bonds is 3. The normalized spacial score (nSPS) is 16.5. The van der Waals surface area contributed by atoms with E-state index in [1.54, 1.807) is 4.90 Å². The van der Waals surface area contributed by atoms with Crippen LogP contribution >= 0.6 is 46.6 Å². The summed E-state index contributed by atoms with van der Waals surface area (Å²) in [7, 11) is 0. The van der Waals surface area contributed by atoms with Crippen LogP contribution in [0.25, 0.3) is 6.08 Å². The highest BCUT2D eigenvalue weighted by Gasteiger charge is 2.33. The summed E-state index contributed by atoms with van der Waals surface area (Å²) in [5, 5.41) is 0. The van der Waals surface area contributed by atoms with Crippen molar-refractivity contribution in [2.75, 3.05) is 4.90 Å². The second kappa shape index (κ2) is 7.37. The molecule has 0 N–H and O–H groups in total. The Morgan fingerprint density at radius 2 is 1.71 bits per heavy atom. The molecule has 1 saturated heterocycles. The van der Waals surface area contributed by atoms with Crippen molar-refractivity contribution in [1.29, 1.82) is 0 Å². The molecule has 0 atom stereocenters. The van der Waals surface area contributed by atoms with Crippen LogP contribution in [-0.4, -0.2) is 10.2 Å². The lowest BCUT2D eigenvalue weighted by atomic mass is 10.0. The van der Waals surface area contributed by atoms with E-state index in [1.165, 1.54) is 17.3 Å². The van der Waals surface area contributed by atoms with Crippen LogP contribution in [0.4, 0.5) is 5.69 Å². The minimum Gasteiger partial charge on any atom is -0.268 e. The lowest BCUT2D eigenvalue weighted by Crippen LogP contribution is -2.27. The smallest absolute Gasteiger partial charge is 0.268 e. The van der Waals surface area contributed by atoms with Crippen LogP contribution in [0, 0.1) is 3.57 Å². The first-order chi connectivity index (χ1) is 11.5. The summed E-state index contributed by atoms with van der Waals surface area (Å²) < 4.78 is 1.70. The topological polar surface area (TPSA) is 20.3 Å². The molecule has 3 rings (SSSR count). The maximum atomic E-state index is 12.7. The molecule has 0 aromatic heterocycles. The van der Waals surface area contributed by atoms with Gasteiger partial charge in [0.25, 0.3) is 5.91 Å². The minimum atomic E-state index is -0.0563. The standard InChI is InChI=1S/C19H16INOS2/c1-12(2)14-5-3-13(4-6-14)11-17-18(22)21(19(23)24-17)16-9-7-15(20)8-10-16/h3-12H,1-2H3/b17-11+. The summed E-state index contributed by atoms with van der Waals surface area (Å²) >= 11 is 9.00. The lowest BCUT2D eigenvalue weighted by molar-refractivity contribution is -0.113. The van der Waals surface area contributed by atoms with Gasteiger partial charge in [0.05, 0.1) is 10.6 Å². The van der Waals surface area contributed by atoms with Crippen LogP contribution in [0.3, 0.4) is 0 Å². The van der Waals surface area contributed by atoms with Crippen molar-refractivity contribution in [3.63, 3.8) is 0 Å². The maximum absolute atomic E-state index is 12.7. The van der Waals surface area contributed by atoms with Gasteiger partial charge in [0.2, 0.25) is 0 Å². The zero-order valence-corrected chi connectivity index (χ0v) is 17.1. The van der Waals surface area contributed by atoms with Gasteiger partial charge in [-0.05, 0) is 70.0 Å². The van der Waals surface area contributed by atoms with Crippen molar-refractivity contribution >= 4 is 68.6 Å². The highest BCUT2D eigenvalue weighted by atomic mass is 127. The SMILES string of the molecule is CC(C)c1ccc(/C=C2/SC(=S)N(c3ccc(I)cc3)C2=O)cc1. The fourth-order valence-corrected chi connectivity index (χ4v) is 4.07. The van der Waals surface area contributed by atoms with Gasteiger partial charge in [-0.3, -0.25) is 9.69 Å². The first kappa shape index (κ1) is 17.6. The van der Waals surface area contributed by atoms with Gasteiger partial charge in [-0.1, -0.05) is 62.1 Å². The number of nitrogens with zero attached hydrogens (tertiary/aromatic N) is 1. The molecule has 1 heterocycles. The molecule has 5 heteroatoms. The lowest BCUT2D eigenvalue weighted by Gasteiger charge is -2.14. The highest BCUT2D eigenvalue weighted by molar-refractivity contribution is 14.1. The van der Waals surface area contributed by atoms with E-state index in [2.05, 4.69) is 48.6 Å². The average Bonchev–Trinajstić information content (AvgIpc) is 2.83. The molecule has 0 spiro atoms. The van der Waals surface area contributed by atoms with Gasteiger partial charge in [-0.2, -0.15) is 0 Å². The average molecular weight is 465 g/mol. The molecular formula is C19H16INOS2. The fourth-order valence-electron chi connectivity index (χ4n) is 2.41. The predicted octanol–water partition coefficient (Wildman–Crippen LogP) is 5.82. The quantitative estimate of drug-likeness (QED) is 0.324. The molecule has 0 saturated carbocycles. The molecule has 1 aliphatic rings. The largest absolute Gasteiger partial charge is 0.270 e. The van der Waals surface area contributed by atoms with Crippen molar-refractivity contribution in [2.24, 2.45) is 0 Å². The number of halogens is 1. The van der Waals surface area contributed by atoms with E-state index >= 15 is 0 Å². The Morgan fingerprint density at radius 3 is 2.29 bits per heavy atom. The molecule has 2 aromatic rings. The Labute approximate surface area is 165 Å². The van der Waals surface area contributed by atoms with Crippen LogP contribution in [0.2, 0.25) is 0 Å². The molecule has 0 aliphatic carbocycles. The summed E-state index contributed by atoms with van der Waals surface area (Å²) in [6.07, 6.45) is 1.91. The van der Waals surface area contributed by atoms with E-state index in [0.29, 0.717) is 15.1 Å². The second-order valence-electron chi connectivity index (χ2n) is 5.81. The Hall–Kier alpha value is -1.18. The predicted molar refractivity (Wildman–Crippen MR) is 115 cm³/mol. The fraction of sp³-hybridized carbons (Fsp3) is 0.158. The molecule has 0 bridgehead atoms. The monoisotopic (exact) mass is 465 g/mol. The van der Waals surface area contributed by atoms with E-state index in [9.17, 15) is 4.79 Å². The third-order valence-electron chi connectivity index (χ3n) is 3.78. The second-order valence-corrected chi connectivity index (χ2v) is 8.74. The molecule has 0 radical (unpaired) electrons.